The Bertz CT molecular complexity index is 245. The Balaban J connectivity index is 1.95. The van der Waals surface area contributed by atoms with Crippen LogP contribution in [0.15, 0.2) is 0 Å². The van der Waals surface area contributed by atoms with E-state index in [1.165, 1.54) is 45.1 Å². The highest BCUT2D eigenvalue weighted by atomic mass is 16.3. The van der Waals surface area contributed by atoms with Crippen molar-refractivity contribution in [3.63, 3.8) is 0 Å². The largest absolute Gasteiger partial charge is 0.395 e. The number of rotatable bonds is 7. The molecular weight excluding hydrogens is 224 g/mol. The van der Waals surface area contributed by atoms with Crippen LogP contribution in [0.25, 0.3) is 0 Å². The smallest absolute Gasteiger partial charge is 0.0558 e. The summed E-state index contributed by atoms with van der Waals surface area (Å²) in [6.45, 7) is 5.88. The van der Waals surface area contributed by atoms with Crippen LogP contribution in [-0.2, 0) is 0 Å². The van der Waals surface area contributed by atoms with E-state index in [9.17, 15) is 5.11 Å². The summed E-state index contributed by atoms with van der Waals surface area (Å²) in [7, 11) is 2.08. The fraction of sp³-hybridized carbons (Fsp3) is 1.00. The first-order chi connectivity index (χ1) is 8.69. The van der Waals surface area contributed by atoms with Gasteiger partial charge < -0.3 is 10.4 Å². The van der Waals surface area contributed by atoms with Crippen molar-refractivity contribution in [1.29, 1.82) is 0 Å². The molecule has 2 aliphatic carbocycles. The van der Waals surface area contributed by atoms with Crippen molar-refractivity contribution in [2.24, 2.45) is 11.3 Å². The summed E-state index contributed by atoms with van der Waals surface area (Å²) >= 11 is 0. The molecule has 106 valence electrons. The standard InChI is InChI=1S/C15H30N2O/c1-13-5-7-15(8-6-13,11-16-2)12-17(9-10-18)14-3-4-14/h13-14,16,18H,3-12H2,1-2H3. The molecule has 0 heterocycles. The van der Waals surface area contributed by atoms with E-state index in [0.717, 1.165) is 25.0 Å². The van der Waals surface area contributed by atoms with Crippen molar-refractivity contribution in [1.82, 2.24) is 10.2 Å². The fourth-order valence-electron chi connectivity index (χ4n) is 3.53. The summed E-state index contributed by atoms with van der Waals surface area (Å²) in [4.78, 5) is 2.55. The van der Waals surface area contributed by atoms with Crippen LogP contribution in [0.1, 0.15) is 45.4 Å². The lowest BCUT2D eigenvalue weighted by molar-refractivity contribution is 0.0730. The fourth-order valence-corrected chi connectivity index (χ4v) is 3.53. The molecule has 3 nitrogen and oxygen atoms in total. The first kappa shape index (κ1) is 14.3. The van der Waals surface area contributed by atoms with E-state index in [0.29, 0.717) is 12.0 Å². The number of aliphatic hydroxyl groups is 1. The molecule has 0 aromatic carbocycles. The summed E-state index contributed by atoms with van der Waals surface area (Å²) < 4.78 is 0. The van der Waals surface area contributed by atoms with Crippen LogP contribution in [0.4, 0.5) is 0 Å². The number of nitrogens with one attached hydrogen (secondary N) is 1. The van der Waals surface area contributed by atoms with Gasteiger partial charge in [0.2, 0.25) is 0 Å². The Hall–Kier alpha value is -0.120. The van der Waals surface area contributed by atoms with Crippen LogP contribution in [0, 0.1) is 11.3 Å². The Morgan fingerprint density at radius 1 is 1.22 bits per heavy atom. The van der Waals surface area contributed by atoms with Crippen LogP contribution in [0.2, 0.25) is 0 Å². The normalized spacial score (nSPS) is 33.0. The van der Waals surface area contributed by atoms with E-state index in [2.05, 4.69) is 24.2 Å². The van der Waals surface area contributed by atoms with Crippen LogP contribution in [0.3, 0.4) is 0 Å². The molecule has 0 spiro atoms. The summed E-state index contributed by atoms with van der Waals surface area (Å²) in [5.74, 6) is 0.905. The molecule has 2 N–H and O–H groups in total. The molecule has 2 fully saturated rings. The zero-order chi connectivity index (χ0) is 13.0. The van der Waals surface area contributed by atoms with Crippen molar-refractivity contribution in [2.75, 3.05) is 33.3 Å². The zero-order valence-electron chi connectivity index (χ0n) is 12.1. The van der Waals surface area contributed by atoms with Crippen molar-refractivity contribution in [3.8, 4) is 0 Å². The molecule has 18 heavy (non-hydrogen) atoms. The Morgan fingerprint density at radius 3 is 2.39 bits per heavy atom. The van der Waals surface area contributed by atoms with Crippen LogP contribution in [0.5, 0.6) is 0 Å². The molecule has 0 unspecified atom stereocenters. The second-order valence-electron chi connectivity index (χ2n) is 6.64. The second kappa shape index (κ2) is 6.36. The predicted octanol–water partition coefficient (Wildman–Crippen LogP) is 1.86. The minimum absolute atomic E-state index is 0.308. The van der Waals surface area contributed by atoms with Gasteiger partial charge in [-0.05, 0) is 44.1 Å². The van der Waals surface area contributed by atoms with Gasteiger partial charge in [0.25, 0.3) is 0 Å². The number of hydrogen-bond acceptors (Lipinski definition) is 3. The van der Waals surface area contributed by atoms with Gasteiger partial charge >= 0.3 is 0 Å². The van der Waals surface area contributed by atoms with Crippen molar-refractivity contribution in [3.05, 3.63) is 0 Å². The molecule has 2 rings (SSSR count). The minimum atomic E-state index is 0.308. The molecule has 0 amide bonds. The second-order valence-corrected chi connectivity index (χ2v) is 6.64. The minimum Gasteiger partial charge on any atom is -0.395 e. The molecule has 3 heteroatoms. The van der Waals surface area contributed by atoms with E-state index in [-0.39, 0.29) is 0 Å². The Kier molecular flexibility index (Phi) is 5.05. The molecule has 0 bridgehead atoms. The SMILES string of the molecule is CNCC1(CN(CCO)C2CC2)CCC(C)CC1. The summed E-state index contributed by atoms with van der Waals surface area (Å²) in [5.41, 5.74) is 0.457. The van der Waals surface area contributed by atoms with Crippen molar-refractivity contribution >= 4 is 0 Å². The van der Waals surface area contributed by atoms with E-state index < -0.39 is 0 Å². The van der Waals surface area contributed by atoms with Gasteiger partial charge in [-0.15, -0.1) is 0 Å². The Labute approximate surface area is 112 Å². The van der Waals surface area contributed by atoms with Crippen LogP contribution < -0.4 is 5.32 Å². The third kappa shape index (κ3) is 3.69. The highest BCUT2D eigenvalue weighted by Gasteiger charge is 2.38. The molecule has 0 aromatic rings. The summed E-state index contributed by atoms with van der Waals surface area (Å²) in [5, 5.41) is 12.7. The summed E-state index contributed by atoms with van der Waals surface area (Å²) in [6.07, 6.45) is 8.13. The van der Waals surface area contributed by atoms with Gasteiger partial charge in [-0.2, -0.15) is 0 Å². The van der Waals surface area contributed by atoms with Gasteiger partial charge in [-0.3, -0.25) is 4.90 Å². The summed E-state index contributed by atoms with van der Waals surface area (Å²) in [6, 6.07) is 0.769. The van der Waals surface area contributed by atoms with Gasteiger partial charge in [0.1, 0.15) is 0 Å². The lowest BCUT2D eigenvalue weighted by Crippen LogP contribution is -2.47. The molecule has 0 saturated heterocycles. The lowest BCUT2D eigenvalue weighted by Gasteiger charge is -2.43. The number of aliphatic hydroxyl groups excluding tert-OH is 1. The molecule has 0 aliphatic heterocycles. The number of nitrogens with zero attached hydrogens (tertiary/aromatic N) is 1. The monoisotopic (exact) mass is 254 g/mol. The highest BCUT2D eigenvalue weighted by Crippen LogP contribution is 2.41. The van der Waals surface area contributed by atoms with Gasteiger partial charge in [-0.25, -0.2) is 0 Å². The molecule has 0 atom stereocenters. The average Bonchev–Trinajstić information content (AvgIpc) is 3.17. The molecule has 0 radical (unpaired) electrons. The van der Waals surface area contributed by atoms with Gasteiger partial charge in [0.15, 0.2) is 0 Å². The number of hydrogen-bond donors (Lipinski definition) is 2. The zero-order valence-corrected chi connectivity index (χ0v) is 12.1. The lowest BCUT2D eigenvalue weighted by atomic mass is 9.70. The third-order valence-corrected chi connectivity index (χ3v) is 4.88. The Morgan fingerprint density at radius 2 is 1.89 bits per heavy atom. The van der Waals surface area contributed by atoms with Gasteiger partial charge in [0.05, 0.1) is 6.61 Å². The van der Waals surface area contributed by atoms with Crippen LogP contribution in [-0.4, -0.2) is 49.3 Å². The predicted molar refractivity (Wildman–Crippen MR) is 75.7 cm³/mol. The van der Waals surface area contributed by atoms with E-state index >= 15 is 0 Å². The third-order valence-electron chi connectivity index (χ3n) is 4.88. The quantitative estimate of drug-likeness (QED) is 0.728. The maximum atomic E-state index is 9.24. The van der Waals surface area contributed by atoms with Crippen LogP contribution >= 0.6 is 0 Å². The maximum absolute atomic E-state index is 9.24. The molecule has 2 saturated carbocycles. The van der Waals surface area contributed by atoms with Crippen molar-refractivity contribution < 1.29 is 5.11 Å². The first-order valence-corrected chi connectivity index (χ1v) is 7.68. The molecular formula is C15H30N2O. The molecule has 2 aliphatic rings. The van der Waals surface area contributed by atoms with Gasteiger partial charge in [0, 0.05) is 25.7 Å². The maximum Gasteiger partial charge on any atom is 0.0558 e. The molecule has 0 aromatic heterocycles. The van der Waals surface area contributed by atoms with Gasteiger partial charge in [-0.1, -0.05) is 19.8 Å². The average molecular weight is 254 g/mol. The van der Waals surface area contributed by atoms with E-state index in [4.69, 9.17) is 0 Å². The van der Waals surface area contributed by atoms with Crippen molar-refractivity contribution in [2.45, 2.75) is 51.5 Å². The van der Waals surface area contributed by atoms with E-state index in [1.807, 2.05) is 0 Å². The first-order valence-electron chi connectivity index (χ1n) is 7.68. The highest BCUT2D eigenvalue weighted by molar-refractivity contribution is 4.93. The topological polar surface area (TPSA) is 35.5 Å². The van der Waals surface area contributed by atoms with E-state index in [1.54, 1.807) is 0 Å².